The minimum atomic E-state index is -0.438. The summed E-state index contributed by atoms with van der Waals surface area (Å²) in [5, 5.41) is 1.26. The van der Waals surface area contributed by atoms with E-state index in [0.29, 0.717) is 24.3 Å². The van der Waals surface area contributed by atoms with Crippen molar-refractivity contribution in [3.63, 3.8) is 0 Å². The monoisotopic (exact) mass is 187 g/mol. The highest BCUT2D eigenvalue weighted by Gasteiger charge is 2.10. The van der Waals surface area contributed by atoms with E-state index < -0.39 is 5.97 Å². The molecule has 0 heterocycles. The molecule has 0 aliphatic heterocycles. The second-order valence-electron chi connectivity index (χ2n) is 2.13. The first-order valence-corrected chi connectivity index (χ1v) is 4.25. The molecule has 2 N–H and O–H groups in total. The Hall–Kier alpha value is -0.900. The summed E-state index contributed by atoms with van der Waals surface area (Å²) in [4.78, 5) is 11.1. The van der Waals surface area contributed by atoms with Gasteiger partial charge in [-0.3, -0.25) is 0 Å². The summed E-state index contributed by atoms with van der Waals surface area (Å²) in [7, 11) is 0. The summed E-state index contributed by atoms with van der Waals surface area (Å²) < 4.78 is 4.74. The molecule has 0 aromatic carbocycles. The Labute approximate surface area is 77.6 Å². The Bertz CT molecular complexity index is 211. The quantitative estimate of drug-likeness (QED) is 0.408. The molecule has 68 valence electrons. The largest absolute Gasteiger partial charge is 0.462 e. The first-order chi connectivity index (χ1) is 5.67. The van der Waals surface area contributed by atoms with Gasteiger partial charge in [0.15, 0.2) is 0 Å². The van der Waals surface area contributed by atoms with E-state index in [1.807, 2.05) is 6.92 Å². The van der Waals surface area contributed by atoms with E-state index in [9.17, 15) is 4.79 Å². The Morgan fingerprint density at radius 1 is 1.58 bits per heavy atom. The Kier molecular flexibility index (Phi) is 5.28. The fourth-order valence-corrected chi connectivity index (χ4v) is 0.902. The standard InChI is InChI=1S/C8H13NO2S/c1-3-7(9)6(5-12)8(10)11-4-2/h5H,3-4,9H2,1-2H3/b7-6+. The number of rotatable bonds is 4. The predicted molar refractivity (Wildman–Crippen MR) is 51.8 cm³/mol. The number of carbonyl (C=O) groups excluding carboxylic acids is 1. The van der Waals surface area contributed by atoms with Gasteiger partial charge in [-0.2, -0.15) is 0 Å². The first-order valence-electron chi connectivity index (χ1n) is 3.78. The van der Waals surface area contributed by atoms with Crippen molar-refractivity contribution in [3.8, 4) is 0 Å². The van der Waals surface area contributed by atoms with Gasteiger partial charge >= 0.3 is 5.97 Å². The van der Waals surface area contributed by atoms with Crippen molar-refractivity contribution < 1.29 is 9.53 Å². The Balaban J connectivity index is 4.55. The van der Waals surface area contributed by atoms with Crippen LogP contribution >= 0.6 is 12.2 Å². The van der Waals surface area contributed by atoms with Crippen LogP contribution in [-0.4, -0.2) is 17.9 Å². The predicted octanol–water partition coefficient (Wildman–Crippen LogP) is 1.17. The zero-order valence-electron chi connectivity index (χ0n) is 7.29. The summed E-state index contributed by atoms with van der Waals surface area (Å²) in [5.74, 6) is -0.438. The molecule has 4 heteroatoms. The highest BCUT2D eigenvalue weighted by molar-refractivity contribution is 7.79. The van der Waals surface area contributed by atoms with Crippen LogP contribution in [0.2, 0.25) is 0 Å². The van der Waals surface area contributed by atoms with Crippen LogP contribution in [0, 0.1) is 0 Å². The van der Waals surface area contributed by atoms with Gasteiger partial charge < -0.3 is 10.5 Å². The number of allylic oxidation sites excluding steroid dienone is 1. The van der Waals surface area contributed by atoms with Crippen LogP contribution in [0.1, 0.15) is 20.3 Å². The molecule has 0 amide bonds. The van der Waals surface area contributed by atoms with E-state index in [1.54, 1.807) is 6.92 Å². The summed E-state index contributed by atoms with van der Waals surface area (Å²) in [6.45, 7) is 3.93. The number of hydrogen-bond donors (Lipinski definition) is 1. The number of esters is 1. The molecule has 0 bridgehead atoms. The zero-order chi connectivity index (χ0) is 9.56. The molecule has 0 aliphatic carbocycles. The van der Waals surface area contributed by atoms with Crippen molar-refractivity contribution in [1.29, 1.82) is 0 Å². The smallest absolute Gasteiger partial charge is 0.340 e. The molecule has 0 aliphatic rings. The van der Waals surface area contributed by atoms with E-state index in [0.717, 1.165) is 0 Å². The lowest BCUT2D eigenvalue weighted by molar-refractivity contribution is -0.137. The number of hydrogen-bond acceptors (Lipinski definition) is 4. The van der Waals surface area contributed by atoms with E-state index in [2.05, 4.69) is 12.2 Å². The van der Waals surface area contributed by atoms with Crippen LogP contribution in [0.15, 0.2) is 11.3 Å². The molecule has 0 spiro atoms. The maximum absolute atomic E-state index is 11.1. The second-order valence-corrected chi connectivity index (χ2v) is 2.37. The lowest BCUT2D eigenvalue weighted by atomic mass is 10.2. The van der Waals surface area contributed by atoms with E-state index >= 15 is 0 Å². The Morgan fingerprint density at radius 3 is 2.50 bits per heavy atom. The van der Waals surface area contributed by atoms with Gasteiger partial charge in [0.25, 0.3) is 0 Å². The molecule has 0 saturated heterocycles. The van der Waals surface area contributed by atoms with Crippen molar-refractivity contribution in [1.82, 2.24) is 0 Å². The molecule has 0 saturated carbocycles. The SMILES string of the molecule is CCOC(=O)/C(C=S)=C(/N)CC. The third-order valence-corrected chi connectivity index (χ3v) is 1.58. The minimum absolute atomic E-state index is 0.300. The third-order valence-electron chi connectivity index (χ3n) is 1.34. The fourth-order valence-electron chi connectivity index (χ4n) is 0.654. The molecule has 0 rings (SSSR count). The maximum atomic E-state index is 11.1. The second kappa shape index (κ2) is 5.71. The number of ether oxygens (including phenoxy) is 1. The third kappa shape index (κ3) is 3.00. The van der Waals surface area contributed by atoms with Gasteiger partial charge in [-0.05, 0) is 13.3 Å². The van der Waals surface area contributed by atoms with E-state index in [-0.39, 0.29) is 0 Å². The van der Waals surface area contributed by atoms with Crippen molar-refractivity contribution in [2.75, 3.05) is 6.61 Å². The summed E-state index contributed by atoms with van der Waals surface area (Å²) in [5.41, 5.74) is 6.32. The lowest BCUT2D eigenvalue weighted by Gasteiger charge is -2.04. The van der Waals surface area contributed by atoms with E-state index in [1.165, 1.54) is 5.37 Å². The molecule has 0 aromatic rings. The highest BCUT2D eigenvalue weighted by Crippen LogP contribution is 2.03. The van der Waals surface area contributed by atoms with Crippen LogP contribution in [0.25, 0.3) is 0 Å². The molecule has 0 radical (unpaired) electrons. The van der Waals surface area contributed by atoms with E-state index in [4.69, 9.17) is 10.5 Å². The maximum Gasteiger partial charge on any atom is 0.340 e. The van der Waals surface area contributed by atoms with Crippen molar-refractivity contribution >= 4 is 23.6 Å². The van der Waals surface area contributed by atoms with Gasteiger partial charge in [-0.1, -0.05) is 19.1 Å². The molecule has 0 aromatic heterocycles. The van der Waals surface area contributed by atoms with Gasteiger partial charge in [0, 0.05) is 11.1 Å². The van der Waals surface area contributed by atoms with Gasteiger partial charge in [0.1, 0.15) is 0 Å². The van der Waals surface area contributed by atoms with Crippen molar-refractivity contribution in [3.05, 3.63) is 11.3 Å². The van der Waals surface area contributed by atoms with Crippen LogP contribution in [0.3, 0.4) is 0 Å². The molecule has 0 fully saturated rings. The molecule has 0 unspecified atom stereocenters. The number of nitrogens with two attached hydrogens (primary N) is 1. The summed E-state index contributed by atoms with van der Waals surface area (Å²) in [6, 6.07) is 0. The average Bonchev–Trinajstić information content (AvgIpc) is 2.06. The first kappa shape index (κ1) is 11.1. The summed E-state index contributed by atoms with van der Waals surface area (Å²) in [6.07, 6.45) is 0.598. The van der Waals surface area contributed by atoms with Crippen LogP contribution in [0.4, 0.5) is 0 Å². The Morgan fingerprint density at radius 2 is 2.17 bits per heavy atom. The van der Waals surface area contributed by atoms with Gasteiger partial charge in [-0.25, -0.2) is 4.79 Å². The van der Waals surface area contributed by atoms with Gasteiger partial charge in [-0.15, -0.1) is 0 Å². The molecular weight excluding hydrogens is 174 g/mol. The highest BCUT2D eigenvalue weighted by atomic mass is 32.1. The van der Waals surface area contributed by atoms with Crippen molar-refractivity contribution in [2.45, 2.75) is 20.3 Å². The van der Waals surface area contributed by atoms with Crippen LogP contribution < -0.4 is 5.73 Å². The lowest BCUT2D eigenvalue weighted by Crippen LogP contribution is -2.14. The zero-order valence-corrected chi connectivity index (χ0v) is 8.11. The normalized spacial score (nSPS) is 11.8. The number of carbonyl (C=O) groups is 1. The average molecular weight is 187 g/mol. The molecular formula is C8H13NO2S. The fraction of sp³-hybridized carbons (Fsp3) is 0.500. The van der Waals surface area contributed by atoms with Crippen molar-refractivity contribution in [2.24, 2.45) is 5.73 Å². The van der Waals surface area contributed by atoms with Crippen LogP contribution in [0.5, 0.6) is 0 Å². The molecule has 0 atom stereocenters. The molecule has 12 heavy (non-hydrogen) atoms. The van der Waals surface area contributed by atoms with Crippen LogP contribution in [-0.2, 0) is 9.53 Å². The van der Waals surface area contributed by atoms with Gasteiger partial charge in [0.2, 0.25) is 0 Å². The number of thiocarbonyl (C=S) groups is 1. The summed E-state index contributed by atoms with van der Waals surface area (Å²) >= 11 is 4.64. The topological polar surface area (TPSA) is 52.3 Å². The minimum Gasteiger partial charge on any atom is -0.462 e. The van der Waals surface area contributed by atoms with Gasteiger partial charge in [0.05, 0.1) is 12.2 Å². The molecule has 3 nitrogen and oxygen atoms in total.